The van der Waals surface area contributed by atoms with Crippen LogP contribution in [-0.4, -0.2) is 31.8 Å². The van der Waals surface area contributed by atoms with Crippen LogP contribution in [0.3, 0.4) is 0 Å². The quantitative estimate of drug-likeness (QED) is 0.449. The molecule has 172 valence electrons. The van der Waals surface area contributed by atoms with E-state index in [1.54, 1.807) is 55.5 Å². The van der Waals surface area contributed by atoms with Gasteiger partial charge in [0.2, 0.25) is 0 Å². The van der Waals surface area contributed by atoms with Crippen LogP contribution in [0, 0.1) is 5.82 Å². The summed E-state index contributed by atoms with van der Waals surface area (Å²) in [4.78, 5) is 27.3. The fourth-order valence-corrected chi connectivity index (χ4v) is 4.67. The molecule has 9 heteroatoms. The first kappa shape index (κ1) is 22.1. The molecule has 5 rings (SSSR count). The van der Waals surface area contributed by atoms with Gasteiger partial charge in [-0.3, -0.25) is 14.3 Å². The summed E-state index contributed by atoms with van der Waals surface area (Å²) in [6.45, 7) is 0.887. The van der Waals surface area contributed by atoms with Crippen molar-refractivity contribution < 1.29 is 9.13 Å². The Hall–Kier alpha value is -3.72. The third kappa shape index (κ3) is 4.65. The van der Waals surface area contributed by atoms with Crippen molar-refractivity contribution in [3.63, 3.8) is 0 Å². The molecule has 7 nitrogen and oxygen atoms in total. The summed E-state index contributed by atoms with van der Waals surface area (Å²) in [5.74, 6) is 3.41. The highest BCUT2D eigenvalue weighted by Gasteiger charge is 2.16. The number of halogens is 1. The van der Waals surface area contributed by atoms with Crippen molar-refractivity contribution in [1.29, 1.82) is 0 Å². The molecule has 4 heterocycles. The maximum atomic E-state index is 13.2. The van der Waals surface area contributed by atoms with Gasteiger partial charge in [-0.2, -0.15) is 0 Å². The van der Waals surface area contributed by atoms with Gasteiger partial charge in [0.15, 0.2) is 0 Å². The van der Waals surface area contributed by atoms with E-state index in [4.69, 9.17) is 4.74 Å². The van der Waals surface area contributed by atoms with Gasteiger partial charge in [0.05, 0.1) is 22.3 Å². The number of ether oxygens (including phenoxy) is 1. The minimum atomic E-state index is -0.297. The second-order valence-corrected chi connectivity index (χ2v) is 8.96. The van der Waals surface area contributed by atoms with Gasteiger partial charge in [0.1, 0.15) is 29.0 Å². The Morgan fingerprint density at radius 2 is 1.94 bits per heavy atom. The predicted octanol–water partition coefficient (Wildman–Crippen LogP) is 4.67. The lowest BCUT2D eigenvalue weighted by Gasteiger charge is -2.13. The summed E-state index contributed by atoms with van der Waals surface area (Å²) in [6, 6.07) is 11.5. The van der Waals surface area contributed by atoms with E-state index in [2.05, 4.69) is 20.3 Å². The maximum Gasteiger partial charge on any atom is 0.262 e. The first-order valence-corrected chi connectivity index (χ1v) is 11.9. The zero-order chi connectivity index (χ0) is 23.5. The van der Waals surface area contributed by atoms with Crippen molar-refractivity contribution in [1.82, 2.24) is 19.5 Å². The topological polar surface area (TPSA) is 81.9 Å². The van der Waals surface area contributed by atoms with Crippen molar-refractivity contribution in [3.05, 3.63) is 88.6 Å². The van der Waals surface area contributed by atoms with Gasteiger partial charge >= 0.3 is 0 Å². The Morgan fingerprint density at radius 1 is 1.09 bits per heavy atom. The zero-order valence-electron chi connectivity index (χ0n) is 18.5. The second kappa shape index (κ2) is 9.64. The van der Waals surface area contributed by atoms with Crippen molar-refractivity contribution in [2.75, 3.05) is 17.6 Å². The predicted molar refractivity (Wildman–Crippen MR) is 130 cm³/mol. The van der Waals surface area contributed by atoms with E-state index < -0.39 is 0 Å². The van der Waals surface area contributed by atoms with Crippen LogP contribution in [0.5, 0.6) is 11.5 Å². The number of aromatic nitrogens is 4. The van der Waals surface area contributed by atoms with E-state index in [0.717, 1.165) is 40.7 Å². The van der Waals surface area contributed by atoms with Gasteiger partial charge in [0.25, 0.3) is 5.56 Å². The molecule has 0 atom stereocenters. The molecule has 3 aromatic heterocycles. The Bertz CT molecular complexity index is 1370. The molecule has 1 aliphatic rings. The number of thioether (sulfide) groups is 1. The number of hydrogen-bond acceptors (Lipinski definition) is 7. The average Bonchev–Trinajstić information content (AvgIpc) is 3.11. The first-order valence-electron chi connectivity index (χ1n) is 10.9. The third-order valence-electron chi connectivity index (χ3n) is 5.51. The Labute approximate surface area is 200 Å². The number of rotatable bonds is 5. The van der Waals surface area contributed by atoms with Gasteiger partial charge in [-0.05, 0) is 42.0 Å². The molecule has 0 saturated heterocycles. The van der Waals surface area contributed by atoms with Gasteiger partial charge in [-0.25, -0.2) is 14.4 Å². The minimum absolute atomic E-state index is 0.199. The van der Waals surface area contributed by atoms with Crippen LogP contribution in [0.15, 0.2) is 70.7 Å². The molecule has 0 saturated carbocycles. The number of nitrogens with one attached hydrogen (secondary N) is 1. The monoisotopic (exact) mass is 475 g/mol. The Balaban J connectivity index is 1.36. The molecule has 0 aliphatic carbocycles. The first-order chi connectivity index (χ1) is 16.6. The summed E-state index contributed by atoms with van der Waals surface area (Å²) in [5, 5.41) is 3.33. The van der Waals surface area contributed by atoms with E-state index in [9.17, 15) is 9.18 Å². The lowest BCUT2D eigenvalue weighted by Crippen LogP contribution is -2.24. The van der Waals surface area contributed by atoms with Crippen LogP contribution in [0.1, 0.15) is 17.8 Å². The van der Waals surface area contributed by atoms with E-state index in [-0.39, 0.29) is 11.4 Å². The number of nitrogens with zero attached hydrogens (tertiary/aromatic N) is 4. The van der Waals surface area contributed by atoms with Gasteiger partial charge in [0, 0.05) is 38.5 Å². The summed E-state index contributed by atoms with van der Waals surface area (Å²) in [5.41, 5.74) is 1.58. The van der Waals surface area contributed by atoms with Gasteiger partial charge < -0.3 is 10.1 Å². The van der Waals surface area contributed by atoms with Crippen LogP contribution in [0.25, 0.3) is 11.3 Å². The van der Waals surface area contributed by atoms with Crippen molar-refractivity contribution in [2.24, 2.45) is 7.05 Å². The molecule has 0 amide bonds. The molecule has 1 aliphatic heterocycles. The molecule has 0 radical (unpaired) electrons. The third-order valence-corrected chi connectivity index (χ3v) is 6.68. The summed E-state index contributed by atoms with van der Waals surface area (Å²) in [6.07, 6.45) is 6.34. The SMILES string of the molecule is Cn1c(Cc2ccc(F)cc2)ncc(-c2ccc(Oc3ccnc4c3SCCCN4)cn2)c1=O. The number of fused-ring (bicyclic) bond motifs is 1. The molecular formula is C25H22FN5O2S. The standard InChI is InChI=1S/C25H22FN5O2S/c1-31-22(13-16-3-5-17(26)6-4-16)30-15-19(25(31)32)20-8-7-18(14-29-20)33-21-9-11-28-24-23(21)34-12-2-10-27-24/h3-9,11,14-15H,2,10,12-13H2,1H3,(H,27,28). The van der Waals surface area contributed by atoms with Crippen LogP contribution in [0.2, 0.25) is 0 Å². The lowest BCUT2D eigenvalue weighted by atomic mass is 10.1. The zero-order valence-corrected chi connectivity index (χ0v) is 19.3. The Morgan fingerprint density at radius 3 is 2.74 bits per heavy atom. The van der Waals surface area contributed by atoms with Crippen LogP contribution in [0.4, 0.5) is 10.2 Å². The number of hydrogen-bond donors (Lipinski definition) is 1. The van der Waals surface area contributed by atoms with Crippen molar-refractivity contribution in [2.45, 2.75) is 17.7 Å². The highest BCUT2D eigenvalue weighted by atomic mass is 32.2. The van der Waals surface area contributed by atoms with Crippen LogP contribution in [-0.2, 0) is 13.5 Å². The minimum Gasteiger partial charge on any atom is -0.454 e. The lowest BCUT2D eigenvalue weighted by molar-refractivity contribution is 0.468. The van der Waals surface area contributed by atoms with Crippen molar-refractivity contribution >= 4 is 17.6 Å². The van der Waals surface area contributed by atoms with E-state index in [0.29, 0.717) is 29.3 Å². The summed E-state index contributed by atoms with van der Waals surface area (Å²) >= 11 is 1.72. The molecule has 0 spiro atoms. The maximum absolute atomic E-state index is 13.2. The van der Waals surface area contributed by atoms with Crippen molar-refractivity contribution in [3.8, 4) is 22.8 Å². The largest absolute Gasteiger partial charge is 0.454 e. The average molecular weight is 476 g/mol. The molecule has 4 aromatic rings. The molecule has 0 fully saturated rings. The molecule has 34 heavy (non-hydrogen) atoms. The number of benzene rings is 1. The molecule has 1 aromatic carbocycles. The normalized spacial score (nSPS) is 13.0. The molecular weight excluding hydrogens is 453 g/mol. The number of pyridine rings is 2. The molecule has 1 N–H and O–H groups in total. The highest BCUT2D eigenvalue weighted by molar-refractivity contribution is 7.99. The van der Waals surface area contributed by atoms with E-state index >= 15 is 0 Å². The van der Waals surface area contributed by atoms with Gasteiger partial charge in [-0.15, -0.1) is 11.8 Å². The van der Waals surface area contributed by atoms with Gasteiger partial charge in [-0.1, -0.05) is 12.1 Å². The second-order valence-electron chi connectivity index (χ2n) is 7.85. The summed E-state index contributed by atoms with van der Waals surface area (Å²) in [7, 11) is 1.68. The van der Waals surface area contributed by atoms with E-state index in [1.165, 1.54) is 22.9 Å². The highest BCUT2D eigenvalue weighted by Crippen LogP contribution is 2.38. The van der Waals surface area contributed by atoms with Crippen LogP contribution >= 0.6 is 11.8 Å². The molecule has 0 unspecified atom stereocenters. The van der Waals surface area contributed by atoms with Crippen LogP contribution < -0.4 is 15.6 Å². The smallest absolute Gasteiger partial charge is 0.262 e. The molecule has 0 bridgehead atoms. The fraction of sp³-hybridized carbons (Fsp3) is 0.200. The van der Waals surface area contributed by atoms with E-state index in [1.807, 2.05) is 6.07 Å². The number of anilines is 1. The summed E-state index contributed by atoms with van der Waals surface area (Å²) < 4.78 is 20.7. The Kier molecular flexibility index (Phi) is 6.27. The fourth-order valence-electron chi connectivity index (χ4n) is 3.66.